The fraction of sp³-hybridized carbons (Fsp3) is 0.286. The molecular weight excluding hydrogens is 276 g/mol. The zero-order chi connectivity index (χ0) is 14.7. The van der Waals surface area contributed by atoms with Crippen LogP contribution in [0.15, 0.2) is 34.0 Å². The van der Waals surface area contributed by atoms with Crippen LogP contribution in [0.5, 0.6) is 0 Å². The molecule has 0 saturated carbocycles. The first-order valence-corrected chi connectivity index (χ1v) is 7.92. The zero-order valence-corrected chi connectivity index (χ0v) is 12.2. The fourth-order valence-electron chi connectivity index (χ4n) is 2.12. The third-order valence-electron chi connectivity index (χ3n) is 3.25. The van der Waals surface area contributed by atoms with Crippen LogP contribution in [-0.4, -0.2) is 26.4 Å². The maximum atomic E-state index is 11.9. The van der Waals surface area contributed by atoms with Crippen LogP contribution >= 0.6 is 0 Å². The molecule has 2 rings (SSSR count). The predicted molar refractivity (Wildman–Crippen MR) is 80.5 cm³/mol. The number of aromatic nitrogens is 2. The van der Waals surface area contributed by atoms with Crippen molar-refractivity contribution < 1.29 is 4.21 Å². The Morgan fingerprint density at radius 3 is 2.65 bits per heavy atom. The van der Waals surface area contributed by atoms with Gasteiger partial charge in [-0.15, -0.1) is 0 Å². The van der Waals surface area contributed by atoms with Crippen molar-refractivity contribution in [3.8, 4) is 11.1 Å². The summed E-state index contributed by atoms with van der Waals surface area (Å²) < 4.78 is 11.2. The molecule has 0 fully saturated rings. The number of hydrogen-bond acceptors (Lipinski definition) is 3. The molecule has 2 aromatic rings. The van der Waals surface area contributed by atoms with Crippen molar-refractivity contribution in [3.63, 3.8) is 0 Å². The molecule has 0 bridgehead atoms. The maximum Gasteiger partial charge on any atom is 0.310 e. The third kappa shape index (κ3) is 2.96. The molecule has 2 N–H and O–H groups in total. The van der Waals surface area contributed by atoms with Gasteiger partial charge < -0.3 is 5.10 Å². The number of aromatic amines is 2. The molecule has 106 valence electrons. The van der Waals surface area contributed by atoms with Crippen molar-refractivity contribution in [3.05, 3.63) is 56.1 Å². The van der Waals surface area contributed by atoms with Crippen molar-refractivity contribution in [2.45, 2.75) is 13.3 Å². The van der Waals surface area contributed by atoms with E-state index in [1.54, 1.807) is 6.26 Å². The Bertz CT molecular complexity index is 761. The first-order valence-electron chi connectivity index (χ1n) is 6.20. The van der Waals surface area contributed by atoms with E-state index in [4.69, 9.17) is 0 Å². The van der Waals surface area contributed by atoms with E-state index in [2.05, 4.69) is 10.2 Å². The third-order valence-corrected chi connectivity index (χ3v) is 4.03. The summed E-state index contributed by atoms with van der Waals surface area (Å²) in [5, 5.41) is 4.83. The van der Waals surface area contributed by atoms with Crippen LogP contribution in [0.3, 0.4) is 0 Å². The summed E-state index contributed by atoms with van der Waals surface area (Å²) in [5.74, 6) is 0.579. The van der Waals surface area contributed by atoms with E-state index in [9.17, 15) is 13.8 Å². The Morgan fingerprint density at radius 1 is 1.20 bits per heavy atom. The molecule has 1 aromatic heterocycles. The van der Waals surface area contributed by atoms with Crippen molar-refractivity contribution in [2.24, 2.45) is 0 Å². The summed E-state index contributed by atoms with van der Waals surface area (Å²) in [5.41, 5.74) is 1.85. The van der Waals surface area contributed by atoms with Gasteiger partial charge in [-0.25, -0.2) is 0 Å². The SMILES string of the molecule is Cc1c(CC[S@@](C)=O)cccc1-c1c[nH][nH]c(=O)c1=O. The summed E-state index contributed by atoms with van der Waals surface area (Å²) >= 11 is 0. The van der Waals surface area contributed by atoms with E-state index >= 15 is 0 Å². The van der Waals surface area contributed by atoms with Gasteiger partial charge in [0.15, 0.2) is 0 Å². The second-order valence-corrected chi connectivity index (χ2v) is 6.16. The highest BCUT2D eigenvalue weighted by molar-refractivity contribution is 7.84. The van der Waals surface area contributed by atoms with Crippen LogP contribution in [-0.2, 0) is 17.2 Å². The highest BCUT2D eigenvalue weighted by atomic mass is 32.2. The van der Waals surface area contributed by atoms with Gasteiger partial charge in [-0.05, 0) is 30.0 Å². The lowest BCUT2D eigenvalue weighted by Crippen LogP contribution is -2.28. The smallest absolute Gasteiger partial charge is 0.305 e. The highest BCUT2D eigenvalue weighted by Gasteiger charge is 2.11. The Hall–Kier alpha value is -1.95. The van der Waals surface area contributed by atoms with Crippen LogP contribution < -0.4 is 11.0 Å². The molecule has 0 amide bonds. The number of H-pyrrole nitrogens is 2. The average molecular weight is 292 g/mol. The molecule has 1 heterocycles. The number of aryl methyl sites for hydroxylation is 1. The monoisotopic (exact) mass is 292 g/mol. The largest absolute Gasteiger partial charge is 0.310 e. The minimum atomic E-state index is -0.856. The Labute approximate surface area is 118 Å². The second-order valence-electron chi connectivity index (χ2n) is 4.60. The van der Waals surface area contributed by atoms with E-state index in [0.717, 1.165) is 16.7 Å². The summed E-state index contributed by atoms with van der Waals surface area (Å²) in [4.78, 5) is 23.3. The summed E-state index contributed by atoms with van der Waals surface area (Å²) in [6.45, 7) is 1.91. The Morgan fingerprint density at radius 2 is 1.95 bits per heavy atom. The minimum absolute atomic E-state index is 0.353. The van der Waals surface area contributed by atoms with Gasteiger partial charge in [0.1, 0.15) is 0 Å². The molecule has 1 aromatic carbocycles. The van der Waals surface area contributed by atoms with Gasteiger partial charge in [-0.1, -0.05) is 18.2 Å². The van der Waals surface area contributed by atoms with Crippen LogP contribution in [0.25, 0.3) is 11.1 Å². The quantitative estimate of drug-likeness (QED) is 0.823. The molecule has 0 unspecified atom stereocenters. The van der Waals surface area contributed by atoms with Gasteiger partial charge in [-0.3, -0.25) is 18.9 Å². The van der Waals surface area contributed by atoms with E-state index in [1.807, 2.05) is 25.1 Å². The van der Waals surface area contributed by atoms with Crippen molar-refractivity contribution >= 4 is 10.8 Å². The van der Waals surface area contributed by atoms with Crippen molar-refractivity contribution in [1.82, 2.24) is 10.2 Å². The van der Waals surface area contributed by atoms with Crippen LogP contribution in [0, 0.1) is 6.92 Å². The molecule has 1 atom stereocenters. The summed E-state index contributed by atoms with van der Waals surface area (Å²) in [6.07, 6.45) is 3.85. The van der Waals surface area contributed by atoms with Gasteiger partial charge in [0.05, 0.1) is 5.56 Å². The lowest BCUT2D eigenvalue weighted by molar-refractivity contribution is 0.686. The van der Waals surface area contributed by atoms with Crippen LogP contribution in [0.2, 0.25) is 0 Å². The lowest BCUT2D eigenvalue weighted by Gasteiger charge is -2.10. The van der Waals surface area contributed by atoms with Gasteiger partial charge in [-0.2, -0.15) is 0 Å². The van der Waals surface area contributed by atoms with Crippen LogP contribution in [0.1, 0.15) is 11.1 Å². The predicted octanol–water partition coefficient (Wildman–Crippen LogP) is 0.960. The normalized spacial score (nSPS) is 12.3. The van der Waals surface area contributed by atoms with E-state index in [-0.39, 0.29) is 0 Å². The molecule has 6 heteroatoms. The summed E-state index contributed by atoms with van der Waals surface area (Å²) in [6, 6.07) is 5.61. The van der Waals surface area contributed by atoms with E-state index in [1.165, 1.54) is 6.20 Å². The topological polar surface area (TPSA) is 82.8 Å². The first kappa shape index (κ1) is 14.5. The molecular formula is C14H16N2O3S. The molecule has 5 nitrogen and oxygen atoms in total. The van der Waals surface area contributed by atoms with Gasteiger partial charge in [0.2, 0.25) is 0 Å². The first-order chi connectivity index (χ1) is 9.50. The van der Waals surface area contributed by atoms with Crippen LogP contribution in [0.4, 0.5) is 0 Å². The summed E-state index contributed by atoms with van der Waals surface area (Å²) in [7, 11) is -0.856. The molecule has 0 spiro atoms. The molecule has 20 heavy (non-hydrogen) atoms. The molecule has 0 radical (unpaired) electrons. The Balaban J connectivity index is 2.50. The number of rotatable bonds is 4. The highest BCUT2D eigenvalue weighted by Crippen LogP contribution is 2.22. The maximum absolute atomic E-state index is 11.9. The number of nitrogens with one attached hydrogen (secondary N) is 2. The van der Waals surface area contributed by atoms with Gasteiger partial charge in [0.25, 0.3) is 5.43 Å². The van der Waals surface area contributed by atoms with Crippen molar-refractivity contribution in [1.29, 1.82) is 0 Å². The van der Waals surface area contributed by atoms with Gasteiger partial charge in [0, 0.05) is 29.0 Å². The van der Waals surface area contributed by atoms with Crippen molar-refractivity contribution in [2.75, 3.05) is 12.0 Å². The minimum Gasteiger partial charge on any atom is -0.305 e. The van der Waals surface area contributed by atoms with Gasteiger partial charge >= 0.3 is 5.56 Å². The molecule has 0 aliphatic rings. The number of benzene rings is 1. The second kappa shape index (κ2) is 6.00. The molecule has 0 aliphatic heterocycles. The van der Waals surface area contributed by atoms with E-state index < -0.39 is 21.8 Å². The molecule has 0 saturated heterocycles. The standard InChI is InChI=1S/C14H16N2O3S/c1-9-10(6-7-20(2)19)4-3-5-11(9)12-8-15-16-14(18)13(12)17/h3-5,8H,6-7H2,1-2H3,(H,15,17)(H,16,18)/t20-/m1/s1. The zero-order valence-electron chi connectivity index (χ0n) is 11.4. The lowest BCUT2D eigenvalue weighted by atomic mass is 9.96. The van der Waals surface area contributed by atoms with E-state index in [0.29, 0.717) is 17.7 Å². The number of hydrogen-bond donors (Lipinski definition) is 2. The molecule has 0 aliphatic carbocycles. The fourth-order valence-corrected chi connectivity index (χ4v) is 2.63. The Kier molecular flexibility index (Phi) is 4.34. The average Bonchev–Trinajstić information content (AvgIpc) is 2.41.